The molecule has 3 N–H and O–H groups in total. The van der Waals surface area contributed by atoms with Crippen LogP contribution in [0.1, 0.15) is 18.5 Å². The Kier molecular flexibility index (Phi) is 7.09. The molecule has 0 saturated heterocycles. The van der Waals surface area contributed by atoms with Crippen molar-refractivity contribution in [2.45, 2.75) is 13.0 Å². The summed E-state index contributed by atoms with van der Waals surface area (Å²) in [7, 11) is 1.54. The molecule has 2 aromatic carbocycles. The van der Waals surface area contributed by atoms with E-state index in [1.54, 1.807) is 19.2 Å². The highest BCUT2D eigenvalue weighted by Gasteiger charge is 2.13. The van der Waals surface area contributed by atoms with Gasteiger partial charge in [-0.25, -0.2) is 4.79 Å². The van der Waals surface area contributed by atoms with Crippen molar-refractivity contribution >= 4 is 27.6 Å². The second-order valence-electron chi connectivity index (χ2n) is 5.28. The number of benzene rings is 2. The predicted molar refractivity (Wildman–Crippen MR) is 100 cm³/mol. The lowest BCUT2D eigenvalue weighted by atomic mass is 10.1. The summed E-state index contributed by atoms with van der Waals surface area (Å²) in [5, 5.41) is 14.5. The molecule has 7 heteroatoms. The first kappa shape index (κ1) is 19.1. The third-order valence-corrected chi connectivity index (χ3v) is 4.20. The van der Waals surface area contributed by atoms with Gasteiger partial charge in [0, 0.05) is 4.47 Å². The minimum absolute atomic E-state index is 0.0713. The molecule has 6 nitrogen and oxygen atoms in total. The van der Waals surface area contributed by atoms with Gasteiger partial charge >= 0.3 is 6.03 Å². The fourth-order valence-corrected chi connectivity index (χ4v) is 2.61. The Morgan fingerprint density at radius 1 is 1.24 bits per heavy atom. The highest BCUT2D eigenvalue weighted by atomic mass is 79.9. The van der Waals surface area contributed by atoms with Crippen LogP contribution in [0.5, 0.6) is 11.5 Å². The van der Waals surface area contributed by atoms with E-state index in [1.165, 1.54) is 0 Å². The molecule has 2 aromatic rings. The third kappa shape index (κ3) is 5.37. The van der Waals surface area contributed by atoms with Crippen LogP contribution >= 0.6 is 15.9 Å². The fourth-order valence-electron chi connectivity index (χ4n) is 2.23. The van der Waals surface area contributed by atoms with Gasteiger partial charge in [0.15, 0.2) is 11.5 Å². The number of carbonyl (C=O) groups excluding carboxylic acids is 1. The predicted octanol–water partition coefficient (Wildman–Crippen LogP) is 3.71. The van der Waals surface area contributed by atoms with Crippen LogP contribution in [0.2, 0.25) is 0 Å². The molecule has 0 fully saturated rings. The number of amides is 2. The lowest BCUT2D eigenvalue weighted by molar-refractivity contribution is 0.196. The van der Waals surface area contributed by atoms with E-state index in [9.17, 15) is 4.79 Å². The Morgan fingerprint density at radius 3 is 2.68 bits per heavy atom. The summed E-state index contributed by atoms with van der Waals surface area (Å²) in [4.78, 5) is 12.2. The number of halogens is 1. The van der Waals surface area contributed by atoms with Crippen molar-refractivity contribution in [3.63, 3.8) is 0 Å². The summed E-state index contributed by atoms with van der Waals surface area (Å²) < 4.78 is 11.5. The first-order valence-electron chi connectivity index (χ1n) is 7.78. The molecule has 2 amide bonds. The maximum Gasteiger partial charge on any atom is 0.319 e. The zero-order valence-corrected chi connectivity index (χ0v) is 15.7. The Hall–Kier alpha value is -2.25. The van der Waals surface area contributed by atoms with E-state index in [0.29, 0.717) is 17.2 Å². The number of carbonyl (C=O) groups is 1. The number of hydrogen-bond acceptors (Lipinski definition) is 4. The standard InChI is InChI=1S/C18H21BrN2O4/c1-12(20-18(23)21-15-6-4-3-5-14(15)19)13-7-8-16(25-10-9-22)17(11-13)24-2/h3-8,11-12,22H,9-10H2,1-2H3,(H2,20,21,23). The van der Waals surface area contributed by atoms with Gasteiger partial charge in [0.1, 0.15) is 6.61 Å². The summed E-state index contributed by atoms with van der Waals surface area (Å²) in [5.41, 5.74) is 1.56. The number of para-hydroxylation sites is 1. The molecule has 1 atom stereocenters. The Balaban J connectivity index is 2.03. The van der Waals surface area contributed by atoms with Crippen LogP contribution < -0.4 is 20.1 Å². The topological polar surface area (TPSA) is 79.8 Å². The number of anilines is 1. The summed E-state index contributed by atoms with van der Waals surface area (Å²) in [6, 6.07) is 12.3. The molecule has 0 bridgehead atoms. The minimum Gasteiger partial charge on any atom is -0.493 e. The van der Waals surface area contributed by atoms with E-state index in [2.05, 4.69) is 26.6 Å². The number of urea groups is 1. The largest absolute Gasteiger partial charge is 0.493 e. The molecule has 0 aromatic heterocycles. The Bertz CT molecular complexity index is 724. The highest BCUT2D eigenvalue weighted by molar-refractivity contribution is 9.10. The average Bonchev–Trinajstić information content (AvgIpc) is 2.61. The molecule has 0 saturated carbocycles. The zero-order valence-electron chi connectivity index (χ0n) is 14.1. The number of aliphatic hydroxyl groups excluding tert-OH is 1. The minimum atomic E-state index is -0.307. The van der Waals surface area contributed by atoms with Gasteiger partial charge in [-0.15, -0.1) is 0 Å². The number of methoxy groups -OCH3 is 1. The summed E-state index contributed by atoms with van der Waals surface area (Å²) in [5.74, 6) is 1.09. The maximum atomic E-state index is 12.2. The molecule has 0 spiro atoms. The number of nitrogens with one attached hydrogen (secondary N) is 2. The number of hydrogen-bond donors (Lipinski definition) is 3. The maximum absolute atomic E-state index is 12.2. The monoisotopic (exact) mass is 408 g/mol. The second-order valence-corrected chi connectivity index (χ2v) is 6.14. The van der Waals surface area contributed by atoms with Crippen molar-refractivity contribution in [3.8, 4) is 11.5 Å². The summed E-state index contributed by atoms with van der Waals surface area (Å²) >= 11 is 3.39. The van der Waals surface area contributed by atoms with Crippen LogP contribution in [-0.2, 0) is 0 Å². The Morgan fingerprint density at radius 2 is 2.00 bits per heavy atom. The van der Waals surface area contributed by atoms with Gasteiger partial charge in [-0.3, -0.25) is 0 Å². The van der Waals surface area contributed by atoms with Crippen molar-refractivity contribution in [2.75, 3.05) is 25.6 Å². The van der Waals surface area contributed by atoms with Crippen molar-refractivity contribution in [1.82, 2.24) is 5.32 Å². The number of rotatable bonds is 7. The normalized spacial score (nSPS) is 11.5. The van der Waals surface area contributed by atoms with Crippen LogP contribution in [0.15, 0.2) is 46.9 Å². The van der Waals surface area contributed by atoms with Crippen LogP contribution in [0.3, 0.4) is 0 Å². The molecule has 0 aliphatic rings. The molecule has 25 heavy (non-hydrogen) atoms. The molecular formula is C18H21BrN2O4. The van der Waals surface area contributed by atoms with Gasteiger partial charge < -0.3 is 25.2 Å². The van der Waals surface area contributed by atoms with E-state index < -0.39 is 0 Å². The zero-order chi connectivity index (χ0) is 18.2. The lowest BCUT2D eigenvalue weighted by Gasteiger charge is -2.18. The number of aliphatic hydroxyl groups is 1. The molecule has 0 heterocycles. The SMILES string of the molecule is COc1cc(C(C)NC(=O)Nc2ccccc2Br)ccc1OCCO. The van der Waals surface area contributed by atoms with Crippen LogP contribution in [0.25, 0.3) is 0 Å². The van der Waals surface area contributed by atoms with Crippen molar-refractivity contribution in [3.05, 3.63) is 52.5 Å². The first-order valence-corrected chi connectivity index (χ1v) is 8.58. The van der Waals surface area contributed by atoms with Crippen molar-refractivity contribution < 1.29 is 19.4 Å². The van der Waals surface area contributed by atoms with Crippen LogP contribution in [0, 0.1) is 0 Å². The van der Waals surface area contributed by atoms with Crippen LogP contribution in [0.4, 0.5) is 10.5 Å². The molecule has 2 rings (SSSR count). The van der Waals surface area contributed by atoms with Crippen molar-refractivity contribution in [1.29, 1.82) is 0 Å². The average molecular weight is 409 g/mol. The van der Waals surface area contributed by atoms with E-state index in [4.69, 9.17) is 14.6 Å². The quantitative estimate of drug-likeness (QED) is 0.652. The third-order valence-electron chi connectivity index (χ3n) is 3.51. The Labute approximate surface area is 155 Å². The van der Waals surface area contributed by atoms with Gasteiger partial charge in [0.05, 0.1) is 25.4 Å². The van der Waals surface area contributed by atoms with E-state index >= 15 is 0 Å². The highest BCUT2D eigenvalue weighted by Crippen LogP contribution is 2.30. The van der Waals surface area contributed by atoms with Gasteiger partial charge in [-0.1, -0.05) is 18.2 Å². The summed E-state index contributed by atoms with van der Waals surface area (Å²) in [6.45, 7) is 2.00. The van der Waals surface area contributed by atoms with Crippen LogP contribution in [-0.4, -0.2) is 31.5 Å². The first-order chi connectivity index (χ1) is 12.0. The van der Waals surface area contributed by atoms with Gasteiger partial charge in [-0.05, 0) is 52.7 Å². The van der Waals surface area contributed by atoms with Gasteiger partial charge in [0.2, 0.25) is 0 Å². The van der Waals surface area contributed by atoms with Crippen molar-refractivity contribution in [2.24, 2.45) is 0 Å². The fraction of sp³-hybridized carbons (Fsp3) is 0.278. The lowest BCUT2D eigenvalue weighted by Crippen LogP contribution is -2.31. The van der Waals surface area contributed by atoms with E-state index in [-0.39, 0.29) is 25.3 Å². The molecule has 0 aliphatic heterocycles. The second kappa shape index (κ2) is 9.29. The number of ether oxygens (including phenoxy) is 2. The van der Waals surface area contributed by atoms with E-state index in [1.807, 2.05) is 37.3 Å². The molecule has 134 valence electrons. The molecule has 0 radical (unpaired) electrons. The molecule has 1 unspecified atom stereocenters. The summed E-state index contributed by atoms with van der Waals surface area (Å²) in [6.07, 6.45) is 0. The van der Waals surface area contributed by atoms with Gasteiger partial charge in [-0.2, -0.15) is 0 Å². The molecular weight excluding hydrogens is 388 g/mol. The molecule has 0 aliphatic carbocycles. The van der Waals surface area contributed by atoms with E-state index in [0.717, 1.165) is 10.0 Å². The van der Waals surface area contributed by atoms with Gasteiger partial charge in [0.25, 0.3) is 0 Å². The smallest absolute Gasteiger partial charge is 0.319 e.